The molecule has 2 heterocycles. The highest BCUT2D eigenvalue weighted by Crippen LogP contribution is 2.36. The maximum atomic E-state index is 13.8. The van der Waals surface area contributed by atoms with Gasteiger partial charge in [0.25, 0.3) is 5.56 Å². The summed E-state index contributed by atoms with van der Waals surface area (Å²) in [6.45, 7) is 3.11. The van der Waals surface area contributed by atoms with Crippen molar-refractivity contribution >= 4 is 39.6 Å². The lowest BCUT2D eigenvalue weighted by Crippen LogP contribution is -2.34. The average molecular weight is 393 g/mol. The average Bonchev–Trinajstić information content (AvgIpc) is 3.01. The molecule has 0 N–H and O–H groups in total. The lowest BCUT2D eigenvalue weighted by molar-refractivity contribution is 0.398. The number of benzene rings is 2. The summed E-state index contributed by atoms with van der Waals surface area (Å²) < 4.78 is 1.83. The number of hydrogen-bond acceptors (Lipinski definition) is 3. The third kappa shape index (κ3) is 2.22. The van der Waals surface area contributed by atoms with E-state index in [0.717, 1.165) is 63.2 Å². The molecular formula is C26H23N3O. The lowest BCUT2D eigenvalue weighted by atomic mass is 9.85. The maximum absolute atomic E-state index is 13.8. The molecule has 6 rings (SSSR count). The van der Waals surface area contributed by atoms with Crippen LogP contribution in [0.2, 0.25) is 0 Å². The van der Waals surface area contributed by atoms with Crippen LogP contribution in [-0.4, -0.2) is 27.9 Å². The zero-order valence-corrected chi connectivity index (χ0v) is 17.2. The third-order valence-electron chi connectivity index (χ3n) is 6.74. The van der Waals surface area contributed by atoms with Crippen LogP contribution in [0.1, 0.15) is 36.8 Å². The molecule has 30 heavy (non-hydrogen) atoms. The molecule has 0 spiro atoms. The minimum Gasteiger partial charge on any atom is -0.378 e. The SMILES string of the molecule is CCN(C)C1=CC=c2c3c(c(=O)n4c2nc2cccc5cccc4c52)C=CCCC13. The van der Waals surface area contributed by atoms with E-state index < -0.39 is 0 Å². The third-order valence-corrected chi connectivity index (χ3v) is 6.74. The monoisotopic (exact) mass is 393 g/mol. The molecule has 4 heteroatoms. The number of allylic oxidation sites excluding steroid dienone is 3. The molecule has 0 saturated heterocycles. The van der Waals surface area contributed by atoms with Gasteiger partial charge in [0.1, 0.15) is 5.65 Å². The molecule has 0 amide bonds. The zero-order valence-electron chi connectivity index (χ0n) is 17.2. The summed E-state index contributed by atoms with van der Waals surface area (Å²) in [5.41, 5.74) is 5.92. The second kappa shape index (κ2) is 6.30. The molecule has 0 saturated carbocycles. The molecule has 0 bridgehead atoms. The molecule has 2 aromatic heterocycles. The number of aromatic nitrogens is 2. The number of hydrogen-bond donors (Lipinski definition) is 0. The van der Waals surface area contributed by atoms with Crippen LogP contribution >= 0.6 is 0 Å². The van der Waals surface area contributed by atoms with Crippen molar-refractivity contribution < 1.29 is 0 Å². The molecule has 2 aliphatic carbocycles. The van der Waals surface area contributed by atoms with Gasteiger partial charge in [-0.3, -0.25) is 9.20 Å². The Kier molecular flexibility index (Phi) is 3.66. The van der Waals surface area contributed by atoms with Crippen molar-refractivity contribution in [2.45, 2.75) is 25.7 Å². The number of rotatable bonds is 2. The number of pyridine rings is 1. The van der Waals surface area contributed by atoms with E-state index in [1.54, 1.807) is 0 Å². The number of fused-ring (bicyclic) bond motifs is 3. The van der Waals surface area contributed by atoms with Gasteiger partial charge in [-0.15, -0.1) is 0 Å². The summed E-state index contributed by atoms with van der Waals surface area (Å²) in [5, 5.41) is 3.24. The van der Waals surface area contributed by atoms with Crippen molar-refractivity contribution in [1.82, 2.24) is 14.3 Å². The molecule has 0 aliphatic heterocycles. The van der Waals surface area contributed by atoms with Crippen molar-refractivity contribution in [3.8, 4) is 0 Å². The topological polar surface area (TPSA) is 37.6 Å². The van der Waals surface area contributed by atoms with Gasteiger partial charge in [0.15, 0.2) is 0 Å². The summed E-state index contributed by atoms with van der Waals surface area (Å²) in [6.07, 6.45) is 10.6. The first-order valence-corrected chi connectivity index (χ1v) is 10.7. The van der Waals surface area contributed by atoms with Gasteiger partial charge >= 0.3 is 0 Å². The van der Waals surface area contributed by atoms with Crippen molar-refractivity contribution in [3.63, 3.8) is 0 Å². The summed E-state index contributed by atoms with van der Waals surface area (Å²) in [5.74, 6) is 0.224. The van der Waals surface area contributed by atoms with E-state index in [2.05, 4.69) is 49.2 Å². The van der Waals surface area contributed by atoms with Crippen LogP contribution < -0.4 is 10.8 Å². The highest BCUT2D eigenvalue weighted by Gasteiger charge is 2.29. The number of nitrogens with zero attached hydrogens (tertiary/aromatic N) is 3. The van der Waals surface area contributed by atoms with Crippen molar-refractivity contribution in [2.24, 2.45) is 0 Å². The summed E-state index contributed by atoms with van der Waals surface area (Å²) in [4.78, 5) is 21.2. The Balaban J connectivity index is 1.86. The van der Waals surface area contributed by atoms with Gasteiger partial charge in [0.05, 0.1) is 11.0 Å². The minimum absolute atomic E-state index is 0.0338. The van der Waals surface area contributed by atoms with Gasteiger partial charge in [-0.25, -0.2) is 4.98 Å². The van der Waals surface area contributed by atoms with Crippen molar-refractivity contribution in [2.75, 3.05) is 13.6 Å². The van der Waals surface area contributed by atoms with E-state index in [1.807, 2.05) is 34.7 Å². The van der Waals surface area contributed by atoms with Crippen molar-refractivity contribution in [3.05, 3.63) is 80.9 Å². The van der Waals surface area contributed by atoms with Crippen LogP contribution in [0.15, 0.2) is 59.0 Å². The largest absolute Gasteiger partial charge is 0.378 e. The molecule has 2 aliphatic rings. The fraction of sp³-hybridized carbons (Fsp3) is 0.231. The highest BCUT2D eigenvalue weighted by molar-refractivity contribution is 6.08. The van der Waals surface area contributed by atoms with E-state index in [0.29, 0.717) is 0 Å². The Morgan fingerprint density at radius 2 is 2.00 bits per heavy atom. The van der Waals surface area contributed by atoms with E-state index in [-0.39, 0.29) is 11.5 Å². The molecule has 2 aromatic carbocycles. The van der Waals surface area contributed by atoms with E-state index >= 15 is 0 Å². The smallest absolute Gasteiger partial charge is 0.264 e. The standard InChI is InChI=1S/C26H23N3O/c1-3-28(2)21-15-14-18-24-17(21)10-4-5-11-19(24)26(30)29-22-13-7-9-16-8-6-12-20(23(16)22)27-25(18)29/h5-9,11-15,17H,3-4,10H2,1-2H3. The Hall–Kier alpha value is -3.40. The molecule has 0 radical (unpaired) electrons. The van der Waals surface area contributed by atoms with E-state index in [9.17, 15) is 4.79 Å². The maximum Gasteiger partial charge on any atom is 0.264 e. The van der Waals surface area contributed by atoms with Crippen LogP contribution in [0.3, 0.4) is 0 Å². The number of likely N-dealkylation sites (N-methyl/N-ethyl adjacent to an activating group) is 1. The fourth-order valence-electron chi connectivity index (χ4n) is 5.21. The first kappa shape index (κ1) is 17.5. The highest BCUT2D eigenvalue weighted by atomic mass is 16.1. The molecule has 0 fully saturated rings. The summed E-state index contributed by atoms with van der Waals surface area (Å²) >= 11 is 0. The van der Waals surface area contributed by atoms with E-state index in [1.165, 1.54) is 5.70 Å². The van der Waals surface area contributed by atoms with Crippen LogP contribution in [0.5, 0.6) is 0 Å². The van der Waals surface area contributed by atoms with Crippen molar-refractivity contribution in [1.29, 1.82) is 0 Å². The Bertz CT molecular complexity index is 1520. The summed E-state index contributed by atoms with van der Waals surface area (Å²) in [6, 6.07) is 12.3. The molecule has 1 unspecified atom stereocenters. The van der Waals surface area contributed by atoms with Crippen LogP contribution in [0.25, 0.3) is 39.6 Å². The summed E-state index contributed by atoms with van der Waals surface area (Å²) in [7, 11) is 2.13. The van der Waals surface area contributed by atoms with Gasteiger partial charge < -0.3 is 4.90 Å². The Labute approximate surface area is 174 Å². The minimum atomic E-state index is 0.0338. The van der Waals surface area contributed by atoms with Gasteiger partial charge in [-0.2, -0.15) is 0 Å². The second-order valence-electron chi connectivity index (χ2n) is 8.27. The van der Waals surface area contributed by atoms with Crippen LogP contribution in [0, 0.1) is 0 Å². The molecule has 4 aromatic rings. The Morgan fingerprint density at radius 3 is 2.83 bits per heavy atom. The Morgan fingerprint density at radius 1 is 1.17 bits per heavy atom. The van der Waals surface area contributed by atoms with Gasteiger partial charge in [0.2, 0.25) is 0 Å². The van der Waals surface area contributed by atoms with Gasteiger partial charge in [-0.05, 0) is 55.0 Å². The van der Waals surface area contributed by atoms with Gasteiger partial charge in [0, 0.05) is 41.4 Å². The predicted molar refractivity (Wildman–Crippen MR) is 124 cm³/mol. The zero-order chi connectivity index (χ0) is 20.4. The molecular weight excluding hydrogens is 370 g/mol. The fourth-order valence-corrected chi connectivity index (χ4v) is 5.21. The van der Waals surface area contributed by atoms with E-state index in [4.69, 9.17) is 4.98 Å². The predicted octanol–water partition coefficient (Wildman–Crippen LogP) is 4.24. The quantitative estimate of drug-likeness (QED) is 0.378. The molecule has 1 atom stereocenters. The normalized spacial score (nSPS) is 17.7. The first-order valence-electron chi connectivity index (χ1n) is 10.7. The first-order chi connectivity index (χ1) is 14.7. The molecule has 148 valence electrons. The van der Waals surface area contributed by atoms with Crippen LogP contribution in [-0.2, 0) is 0 Å². The van der Waals surface area contributed by atoms with Gasteiger partial charge in [-0.1, -0.05) is 36.4 Å². The second-order valence-corrected chi connectivity index (χ2v) is 8.27. The van der Waals surface area contributed by atoms with Crippen LogP contribution in [0.4, 0.5) is 0 Å². The lowest BCUT2D eigenvalue weighted by Gasteiger charge is -2.31. The molecule has 4 nitrogen and oxygen atoms in total.